The Balaban J connectivity index is 1.81. The van der Waals surface area contributed by atoms with Gasteiger partial charge in [0.1, 0.15) is 12.4 Å². The summed E-state index contributed by atoms with van der Waals surface area (Å²) in [7, 11) is 0. The third-order valence-corrected chi connectivity index (χ3v) is 3.99. The van der Waals surface area contributed by atoms with Crippen molar-refractivity contribution in [1.29, 1.82) is 0 Å². The van der Waals surface area contributed by atoms with E-state index in [1.165, 1.54) is 29.5 Å². The number of nitrogens with one attached hydrogen (secondary N) is 1. The Bertz CT molecular complexity index is 431. The minimum absolute atomic E-state index is 0.391. The second-order valence-electron chi connectivity index (χ2n) is 5.69. The van der Waals surface area contributed by atoms with E-state index in [4.69, 9.17) is 4.74 Å². The van der Waals surface area contributed by atoms with E-state index in [1.54, 1.807) is 0 Å². The Labute approximate surface area is 122 Å². The summed E-state index contributed by atoms with van der Waals surface area (Å²) < 4.78 is 5.84. The SMILES string of the molecule is CCCNCCC(O)COc1ccc(C)c2c1CCC2. The average Bonchev–Trinajstić information content (AvgIpc) is 2.93. The molecule has 3 heteroatoms. The lowest BCUT2D eigenvalue weighted by Crippen LogP contribution is -2.25. The molecule has 0 saturated heterocycles. The third-order valence-electron chi connectivity index (χ3n) is 3.99. The van der Waals surface area contributed by atoms with Crippen LogP contribution >= 0.6 is 0 Å². The van der Waals surface area contributed by atoms with Crippen molar-refractivity contribution in [1.82, 2.24) is 5.32 Å². The van der Waals surface area contributed by atoms with E-state index in [-0.39, 0.29) is 0 Å². The Morgan fingerprint density at radius 3 is 2.85 bits per heavy atom. The maximum Gasteiger partial charge on any atom is 0.122 e. The van der Waals surface area contributed by atoms with Gasteiger partial charge in [0.05, 0.1) is 6.10 Å². The van der Waals surface area contributed by atoms with Crippen molar-refractivity contribution < 1.29 is 9.84 Å². The van der Waals surface area contributed by atoms with E-state index >= 15 is 0 Å². The number of aliphatic hydroxyl groups is 1. The van der Waals surface area contributed by atoms with Crippen molar-refractivity contribution in [3.05, 3.63) is 28.8 Å². The molecule has 0 aromatic heterocycles. The van der Waals surface area contributed by atoms with Crippen LogP contribution in [0, 0.1) is 6.92 Å². The molecule has 1 aromatic carbocycles. The highest BCUT2D eigenvalue weighted by Crippen LogP contribution is 2.33. The largest absolute Gasteiger partial charge is 0.491 e. The van der Waals surface area contributed by atoms with Crippen molar-refractivity contribution in [3.63, 3.8) is 0 Å². The summed E-state index contributed by atoms with van der Waals surface area (Å²) in [4.78, 5) is 0. The van der Waals surface area contributed by atoms with E-state index < -0.39 is 6.10 Å². The lowest BCUT2D eigenvalue weighted by atomic mass is 10.0. The zero-order chi connectivity index (χ0) is 14.4. The zero-order valence-electron chi connectivity index (χ0n) is 12.7. The highest BCUT2D eigenvalue weighted by Gasteiger charge is 2.18. The van der Waals surface area contributed by atoms with E-state index in [2.05, 4.69) is 31.3 Å². The van der Waals surface area contributed by atoms with E-state index in [0.717, 1.165) is 38.1 Å². The molecule has 0 heterocycles. The minimum atomic E-state index is -0.391. The van der Waals surface area contributed by atoms with Crippen LogP contribution in [0.25, 0.3) is 0 Å². The van der Waals surface area contributed by atoms with Crippen LogP contribution in [0.3, 0.4) is 0 Å². The van der Waals surface area contributed by atoms with Crippen LogP contribution < -0.4 is 10.1 Å². The molecule has 1 unspecified atom stereocenters. The second-order valence-corrected chi connectivity index (χ2v) is 5.69. The zero-order valence-corrected chi connectivity index (χ0v) is 12.7. The first-order chi connectivity index (χ1) is 9.72. The predicted octanol–water partition coefficient (Wildman–Crippen LogP) is 2.61. The van der Waals surface area contributed by atoms with Gasteiger partial charge in [-0.3, -0.25) is 0 Å². The molecule has 0 fully saturated rings. The summed E-state index contributed by atoms with van der Waals surface area (Å²) >= 11 is 0. The monoisotopic (exact) mass is 277 g/mol. The standard InChI is InChI=1S/C17H27NO2/c1-3-10-18-11-9-14(19)12-20-17-8-7-13(2)15-5-4-6-16(15)17/h7-8,14,18-19H,3-6,9-12H2,1-2H3. The van der Waals surface area contributed by atoms with Gasteiger partial charge in [0.25, 0.3) is 0 Å². The van der Waals surface area contributed by atoms with Gasteiger partial charge in [-0.25, -0.2) is 0 Å². The summed E-state index contributed by atoms with van der Waals surface area (Å²) in [5.41, 5.74) is 4.19. The number of hydrogen-bond acceptors (Lipinski definition) is 3. The number of ether oxygens (including phenoxy) is 1. The summed E-state index contributed by atoms with van der Waals surface area (Å²) in [5, 5.41) is 13.2. The molecule has 0 saturated carbocycles. The lowest BCUT2D eigenvalue weighted by Gasteiger charge is -2.16. The molecule has 20 heavy (non-hydrogen) atoms. The quantitative estimate of drug-likeness (QED) is 0.718. The van der Waals surface area contributed by atoms with Gasteiger partial charge in [-0.2, -0.15) is 0 Å². The molecule has 3 nitrogen and oxygen atoms in total. The second kappa shape index (κ2) is 7.65. The van der Waals surface area contributed by atoms with Gasteiger partial charge >= 0.3 is 0 Å². The fraction of sp³-hybridized carbons (Fsp3) is 0.647. The van der Waals surface area contributed by atoms with Crippen LogP contribution in [0.5, 0.6) is 5.75 Å². The van der Waals surface area contributed by atoms with Crippen molar-refractivity contribution >= 4 is 0 Å². The molecular weight excluding hydrogens is 250 g/mol. The summed E-state index contributed by atoms with van der Waals surface area (Å²) in [6, 6.07) is 4.19. The van der Waals surface area contributed by atoms with Crippen molar-refractivity contribution in [3.8, 4) is 5.75 Å². The molecule has 0 aliphatic heterocycles. The van der Waals surface area contributed by atoms with Gasteiger partial charge in [-0.05, 0) is 74.9 Å². The first-order valence-corrected chi connectivity index (χ1v) is 7.85. The fourth-order valence-electron chi connectivity index (χ4n) is 2.83. The topological polar surface area (TPSA) is 41.5 Å². The summed E-state index contributed by atoms with van der Waals surface area (Å²) in [6.07, 6.45) is 4.98. The minimum Gasteiger partial charge on any atom is -0.491 e. The molecule has 2 rings (SSSR count). The number of aryl methyl sites for hydroxylation is 1. The predicted molar refractivity (Wildman–Crippen MR) is 82.5 cm³/mol. The molecule has 1 aliphatic rings. The van der Waals surface area contributed by atoms with Crippen molar-refractivity contribution in [2.24, 2.45) is 0 Å². The molecular formula is C17H27NO2. The highest BCUT2D eigenvalue weighted by atomic mass is 16.5. The first kappa shape index (κ1) is 15.3. The Kier molecular flexibility index (Phi) is 5.86. The van der Waals surface area contributed by atoms with Gasteiger partial charge in [-0.1, -0.05) is 13.0 Å². The maximum absolute atomic E-state index is 9.95. The van der Waals surface area contributed by atoms with Crippen molar-refractivity contribution in [2.75, 3.05) is 19.7 Å². The number of fused-ring (bicyclic) bond motifs is 1. The van der Waals surface area contributed by atoms with Crippen LogP contribution in [0.2, 0.25) is 0 Å². The van der Waals surface area contributed by atoms with E-state index in [1.807, 2.05) is 0 Å². The number of hydrogen-bond donors (Lipinski definition) is 2. The summed E-state index contributed by atoms with van der Waals surface area (Å²) in [5.74, 6) is 0.976. The van der Waals surface area contributed by atoms with Gasteiger partial charge in [0.2, 0.25) is 0 Å². The molecule has 1 aliphatic carbocycles. The Hall–Kier alpha value is -1.06. The van der Waals surface area contributed by atoms with Gasteiger partial charge in [0.15, 0.2) is 0 Å². The maximum atomic E-state index is 9.95. The molecule has 1 aromatic rings. The average molecular weight is 277 g/mol. The number of benzene rings is 1. The van der Waals surface area contributed by atoms with Gasteiger partial charge in [-0.15, -0.1) is 0 Å². The third kappa shape index (κ3) is 3.97. The molecule has 0 spiro atoms. The van der Waals surface area contributed by atoms with Crippen LogP contribution in [0.15, 0.2) is 12.1 Å². The van der Waals surface area contributed by atoms with Crippen LogP contribution in [-0.4, -0.2) is 30.9 Å². The Morgan fingerprint density at radius 2 is 2.05 bits per heavy atom. The molecule has 0 radical (unpaired) electrons. The van der Waals surface area contributed by atoms with E-state index in [9.17, 15) is 5.11 Å². The molecule has 0 amide bonds. The first-order valence-electron chi connectivity index (χ1n) is 7.85. The normalized spacial score (nSPS) is 15.2. The van der Waals surface area contributed by atoms with Crippen LogP contribution in [0.1, 0.15) is 42.9 Å². The summed E-state index contributed by atoms with van der Waals surface area (Å²) in [6.45, 7) is 6.57. The molecule has 1 atom stereocenters. The number of rotatable bonds is 8. The molecule has 2 N–H and O–H groups in total. The van der Waals surface area contributed by atoms with Crippen molar-refractivity contribution in [2.45, 2.75) is 52.1 Å². The number of aliphatic hydroxyl groups excluding tert-OH is 1. The van der Waals surface area contributed by atoms with Crippen LogP contribution in [-0.2, 0) is 12.8 Å². The van der Waals surface area contributed by atoms with Crippen LogP contribution in [0.4, 0.5) is 0 Å². The van der Waals surface area contributed by atoms with Gasteiger partial charge < -0.3 is 15.2 Å². The molecule has 0 bridgehead atoms. The van der Waals surface area contributed by atoms with E-state index in [0.29, 0.717) is 6.61 Å². The molecule has 112 valence electrons. The Morgan fingerprint density at radius 1 is 1.25 bits per heavy atom. The smallest absolute Gasteiger partial charge is 0.122 e. The lowest BCUT2D eigenvalue weighted by molar-refractivity contribution is 0.0995. The fourth-order valence-corrected chi connectivity index (χ4v) is 2.83. The highest BCUT2D eigenvalue weighted by molar-refractivity contribution is 5.47. The van der Waals surface area contributed by atoms with Gasteiger partial charge in [0, 0.05) is 0 Å².